The molecule has 33 heavy (non-hydrogen) atoms. The van der Waals surface area contributed by atoms with Gasteiger partial charge in [-0.3, -0.25) is 9.59 Å². The number of aryl methyl sites for hydroxylation is 1. The molecule has 0 saturated heterocycles. The van der Waals surface area contributed by atoms with Crippen LogP contribution in [-0.2, 0) is 19.4 Å². The Morgan fingerprint density at radius 2 is 1.88 bits per heavy atom. The summed E-state index contributed by atoms with van der Waals surface area (Å²) in [6.45, 7) is 1.03. The third-order valence-corrected chi connectivity index (χ3v) is 5.99. The number of carbonyl (C=O) groups excluding carboxylic acids is 2. The second-order valence-electron chi connectivity index (χ2n) is 8.10. The molecule has 8 heteroatoms. The van der Waals surface area contributed by atoms with E-state index in [-0.39, 0.29) is 29.2 Å². The summed E-state index contributed by atoms with van der Waals surface area (Å²) in [6, 6.07) is 14.7. The summed E-state index contributed by atoms with van der Waals surface area (Å²) < 4.78 is 5.51. The zero-order valence-electron chi connectivity index (χ0n) is 17.8. The maximum absolute atomic E-state index is 12.8. The van der Waals surface area contributed by atoms with Gasteiger partial charge in [0.05, 0.1) is 24.3 Å². The Kier molecular flexibility index (Phi) is 5.45. The number of nitrogens with zero attached hydrogens (tertiary/aromatic N) is 3. The molecular formula is C25H21N5O3. The number of fused-ring (bicyclic) bond motifs is 2. The molecule has 164 valence electrons. The highest BCUT2D eigenvalue weighted by Gasteiger charge is 2.25. The first-order chi connectivity index (χ1) is 16.1. The van der Waals surface area contributed by atoms with Crippen LogP contribution in [0, 0.1) is 11.3 Å². The standard InChI is InChI=1S/C25H21N5O3/c26-12-15-1-4-19-17(9-15)3-5-20(19)30-25(32)22-11-21(28-14-29-22)24(31)27-13-16-2-6-23-18(10-16)7-8-33-23/h1-2,4,6,9-11,14,20H,3,5,7-8,13H2,(H,27,31)(H,30,32)/t20-/m0/s1. The van der Waals surface area contributed by atoms with E-state index in [9.17, 15) is 9.59 Å². The molecule has 0 spiro atoms. The summed E-state index contributed by atoms with van der Waals surface area (Å²) in [5.74, 6) is 0.151. The topological polar surface area (TPSA) is 117 Å². The van der Waals surface area contributed by atoms with Gasteiger partial charge in [-0.15, -0.1) is 0 Å². The van der Waals surface area contributed by atoms with Crippen molar-refractivity contribution in [3.63, 3.8) is 0 Å². The van der Waals surface area contributed by atoms with E-state index in [1.807, 2.05) is 30.3 Å². The molecule has 1 aliphatic heterocycles. The van der Waals surface area contributed by atoms with Gasteiger partial charge in [0.15, 0.2) is 0 Å². The molecule has 2 N–H and O–H groups in total. The maximum atomic E-state index is 12.8. The van der Waals surface area contributed by atoms with E-state index in [2.05, 4.69) is 26.7 Å². The summed E-state index contributed by atoms with van der Waals surface area (Å²) in [6.07, 6.45) is 3.63. The number of hydrogen-bond acceptors (Lipinski definition) is 6. The molecule has 1 atom stereocenters. The minimum absolute atomic E-state index is 0.130. The van der Waals surface area contributed by atoms with Gasteiger partial charge in [0.25, 0.3) is 11.8 Å². The first-order valence-electron chi connectivity index (χ1n) is 10.8. The van der Waals surface area contributed by atoms with Crippen LogP contribution in [0.25, 0.3) is 0 Å². The first-order valence-corrected chi connectivity index (χ1v) is 10.8. The summed E-state index contributed by atoms with van der Waals surface area (Å²) >= 11 is 0. The van der Waals surface area contributed by atoms with E-state index in [0.717, 1.165) is 47.3 Å². The van der Waals surface area contributed by atoms with Gasteiger partial charge in [0.1, 0.15) is 23.5 Å². The maximum Gasteiger partial charge on any atom is 0.270 e. The largest absolute Gasteiger partial charge is 0.493 e. The van der Waals surface area contributed by atoms with Crippen molar-refractivity contribution < 1.29 is 14.3 Å². The van der Waals surface area contributed by atoms with Crippen molar-refractivity contribution in [2.24, 2.45) is 0 Å². The van der Waals surface area contributed by atoms with Gasteiger partial charge in [0.2, 0.25) is 0 Å². The molecule has 0 radical (unpaired) electrons. The number of ether oxygens (including phenoxy) is 1. The van der Waals surface area contributed by atoms with Gasteiger partial charge < -0.3 is 15.4 Å². The number of rotatable bonds is 5. The number of nitrogens with one attached hydrogen (secondary N) is 2. The predicted octanol–water partition coefficient (Wildman–Crippen LogP) is 2.63. The lowest BCUT2D eigenvalue weighted by molar-refractivity contribution is 0.0931. The number of benzene rings is 2. The fourth-order valence-corrected chi connectivity index (χ4v) is 4.30. The van der Waals surface area contributed by atoms with Crippen LogP contribution in [0.15, 0.2) is 48.8 Å². The lowest BCUT2D eigenvalue weighted by atomic mass is 10.1. The minimum atomic E-state index is -0.376. The van der Waals surface area contributed by atoms with Crippen LogP contribution in [0.2, 0.25) is 0 Å². The average Bonchev–Trinajstić information content (AvgIpc) is 3.48. The molecule has 0 unspecified atom stereocenters. The third-order valence-electron chi connectivity index (χ3n) is 5.99. The third kappa shape index (κ3) is 4.26. The Morgan fingerprint density at radius 1 is 1.03 bits per heavy atom. The second kappa shape index (κ2) is 8.71. The van der Waals surface area contributed by atoms with E-state index in [1.54, 1.807) is 6.07 Å². The molecule has 0 bridgehead atoms. The number of amides is 2. The average molecular weight is 439 g/mol. The van der Waals surface area contributed by atoms with E-state index in [0.29, 0.717) is 18.7 Å². The van der Waals surface area contributed by atoms with Crippen LogP contribution in [0.3, 0.4) is 0 Å². The molecule has 1 aliphatic carbocycles. The van der Waals surface area contributed by atoms with Crippen molar-refractivity contribution in [2.75, 3.05) is 6.61 Å². The van der Waals surface area contributed by atoms with Gasteiger partial charge in [-0.2, -0.15) is 5.26 Å². The van der Waals surface area contributed by atoms with Crippen molar-refractivity contribution in [2.45, 2.75) is 31.8 Å². The number of hydrogen-bond donors (Lipinski definition) is 2. The molecule has 8 nitrogen and oxygen atoms in total. The van der Waals surface area contributed by atoms with Crippen molar-refractivity contribution in [3.8, 4) is 11.8 Å². The molecule has 0 fully saturated rings. The van der Waals surface area contributed by atoms with Crippen LogP contribution in [0.4, 0.5) is 0 Å². The first kappa shape index (κ1) is 20.6. The number of carbonyl (C=O) groups is 2. The molecule has 3 aromatic rings. The van der Waals surface area contributed by atoms with Gasteiger partial charge in [-0.05, 0) is 53.3 Å². The molecule has 1 aromatic heterocycles. The van der Waals surface area contributed by atoms with E-state index in [4.69, 9.17) is 10.00 Å². The SMILES string of the molecule is N#Cc1ccc2c(c1)CC[C@@H]2NC(=O)c1cc(C(=O)NCc2ccc3c(c2)CCO3)ncn1. The summed E-state index contributed by atoms with van der Waals surface area (Å²) in [7, 11) is 0. The Morgan fingerprint density at radius 3 is 2.73 bits per heavy atom. The van der Waals surface area contributed by atoms with Crippen LogP contribution in [0.1, 0.15) is 61.3 Å². The van der Waals surface area contributed by atoms with Gasteiger partial charge in [-0.25, -0.2) is 9.97 Å². The van der Waals surface area contributed by atoms with E-state index in [1.165, 1.54) is 12.4 Å². The number of aromatic nitrogens is 2. The molecule has 2 amide bonds. The molecule has 2 heterocycles. The Balaban J connectivity index is 1.23. The zero-order valence-corrected chi connectivity index (χ0v) is 17.8. The van der Waals surface area contributed by atoms with Crippen LogP contribution in [0.5, 0.6) is 5.75 Å². The molecule has 2 aliphatic rings. The van der Waals surface area contributed by atoms with Crippen molar-refractivity contribution in [3.05, 3.63) is 88.0 Å². The molecule has 5 rings (SSSR count). The molecular weight excluding hydrogens is 418 g/mol. The fourth-order valence-electron chi connectivity index (χ4n) is 4.30. The number of nitriles is 1. The van der Waals surface area contributed by atoms with Gasteiger partial charge >= 0.3 is 0 Å². The highest BCUT2D eigenvalue weighted by Crippen LogP contribution is 2.32. The summed E-state index contributed by atoms with van der Waals surface area (Å²) in [5.41, 5.74) is 5.06. The van der Waals surface area contributed by atoms with Crippen molar-refractivity contribution >= 4 is 11.8 Å². The highest BCUT2D eigenvalue weighted by atomic mass is 16.5. The van der Waals surface area contributed by atoms with Crippen molar-refractivity contribution in [1.29, 1.82) is 5.26 Å². The Hall–Kier alpha value is -4.25. The summed E-state index contributed by atoms with van der Waals surface area (Å²) in [4.78, 5) is 33.5. The van der Waals surface area contributed by atoms with Crippen molar-refractivity contribution in [1.82, 2.24) is 20.6 Å². The van der Waals surface area contributed by atoms with Crippen LogP contribution >= 0.6 is 0 Å². The quantitative estimate of drug-likeness (QED) is 0.631. The highest BCUT2D eigenvalue weighted by molar-refractivity contribution is 5.97. The fraction of sp³-hybridized carbons (Fsp3) is 0.240. The van der Waals surface area contributed by atoms with Crippen LogP contribution in [-0.4, -0.2) is 28.4 Å². The second-order valence-corrected chi connectivity index (χ2v) is 8.10. The lowest BCUT2D eigenvalue weighted by Crippen LogP contribution is -2.29. The molecule has 2 aromatic carbocycles. The minimum Gasteiger partial charge on any atom is -0.493 e. The Labute approximate surface area is 190 Å². The normalized spacial score (nSPS) is 15.7. The van der Waals surface area contributed by atoms with E-state index < -0.39 is 0 Å². The van der Waals surface area contributed by atoms with Crippen LogP contribution < -0.4 is 15.4 Å². The van der Waals surface area contributed by atoms with Gasteiger partial charge in [0, 0.05) is 19.0 Å². The van der Waals surface area contributed by atoms with Gasteiger partial charge in [-0.1, -0.05) is 18.2 Å². The lowest BCUT2D eigenvalue weighted by Gasteiger charge is -2.14. The monoisotopic (exact) mass is 439 g/mol. The summed E-state index contributed by atoms with van der Waals surface area (Å²) in [5, 5.41) is 14.9. The molecule has 0 saturated carbocycles. The van der Waals surface area contributed by atoms with E-state index >= 15 is 0 Å². The Bertz CT molecular complexity index is 1300. The smallest absolute Gasteiger partial charge is 0.270 e. The zero-order chi connectivity index (χ0) is 22.8. The predicted molar refractivity (Wildman–Crippen MR) is 119 cm³/mol.